The molecule has 0 unspecified atom stereocenters. The molecule has 2 aromatic carbocycles. The van der Waals surface area contributed by atoms with Gasteiger partial charge in [-0.1, -0.05) is 70.9 Å². The summed E-state index contributed by atoms with van der Waals surface area (Å²) in [7, 11) is 0. The molecule has 0 radical (unpaired) electrons. The second-order valence-electron chi connectivity index (χ2n) is 4.77. The van der Waals surface area contributed by atoms with E-state index in [0.717, 1.165) is 10.6 Å². The molecule has 4 nitrogen and oxygen atoms in total. The van der Waals surface area contributed by atoms with Crippen LogP contribution in [0, 0.1) is 0 Å². The normalized spacial score (nSPS) is 10.9. The number of hydrogen-bond acceptors (Lipinski definition) is 4. The van der Waals surface area contributed by atoms with Crippen LogP contribution in [0.3, 0.4) is 0 Å². The van der Waals surface area contributed by atoms with E-state index in [0.29, 0.717) is 20.7 Å². The van der Waals surface area contributed by atoms with Crippen molar-refractivity contribution in [2.24, 2.45) is 0 Å². The van der Waals surface area contributed by atoms with E-state index in [1.165, 1.54) is 17.4 Å². The Morgan fingerprint density at radius 2 is 1.88 bits per heavy atom. The summed E-state index contributed by atoms with van der Waals surface area (Å²) in [6.07, 6.45) is 3.01. The van der Waals surface area contributed by atoms with E-state index in [1.54, 1.807) is 24.3 Å². The van der Waals surface area contributed by atoms with Crippen molar-refractivity contribution >= 4 is 51.7 Å². The molecule has 0 aliphatic carbocycles. The van der Waals surface area contributed by atoms with Gasteiger partial charge in [0.1, 0.15) is 5.01 Å². The van der Waals surface area contributed by atoms with Crippen LogP contribution in [0.25, 0.3) is 16.6 Å². The van der Waals surface area contributed by atoms with E-state index in [9.17, 15) is 4.79 Å². The molecule has 120 valence electrons. The maximum atomic E-state index is 12.0. The first-order chi connectivity index (χ1) is 11.6. The van der Waals surface area contributed by atoms with Gasteiger partial charge in [-0.15, -0.1) is 10.2 Å². The van der Waals surface area contributed by atoms with Crippen LogP contribution in [0.4, 0.5) is 5.13 Å². The molecule has 0 bridgehead atoms. The highest BCUT2D eigenvalue weighted by molar-refractivity contribution is 7.18. The lowest BCUT2D eigenvalue weighted by Crippen LogP contribution is -2.07. The first-order valence-electron chi connectivity index (χ1n) is 6.95. The van der Waals surface area contributed by atoms with Crippen LogP contribution in [-0.4, -0.2) is 16.1 Å². The molecule has 1 heterocycles. The number of nitrogens with one attached hydrogen (secondary N) is 1. The Morgan fingerprint density at radius 3 is 2.62 bits per heavy atom. The number of amides is 1. The predicted octanol–water partition coefficient (Wildman–Crippen LogP) is 5.16. The highest BCUT2D eigenvalue weighted by atomic mass is 35.5. The summed E-state index contributed by atoms with van der Waals surface area (Å²) in [6.45, 7) is 0. The fraction of sp³-hybridized carbons (Fsp3) is 0. The molecule has 0 saturated carbocycles. The highest BCUT2D eigenvalue weighted by Gasteiger charge is 2.08. The minimum absolute atomic E-state index is 0.309. The second kappa shape index (κ2) is 7.57. The maximum absolute atomic E-state index is 12.0. The van der Waals surface area contributed by atoms with E-state index in [2.05, 4.69) is 15.5 Å². The zero-order valence-corrected chi connectivity index (χ0v) is 14.6. The monoisotopic (exact) mass is 375 g/mol. The number of rotatable bonds is 4. The van der Waals surface area contributed by atoms with Gasteiger partial charge in [-0.05, 0) is 23.8 Å². The van der Waals surface area contributed by atoms with Crippen molar-refractivity contribution < 1.29 is 4.79 Å². The molecular formula is C17H11Cl2N3OS. The highest BCUT2D eigenvalue weighted by Crippen LogP contribution is 2.26. The zero-order chi connectivity index (χ0) is 16.9. The van der Waals surface area contributed by atoms with Crippen molar-refractivity contribution in [1.82, 2.24) is 10.2 Å². The van der Waals surface area contributed by atoms with Crippen LogP contribution in [0.2, 0.25) is 10.0 Å². The third-order valence-electron chi connectivity index (χ3n) is 3.05. The third-order valence-corrected chi connectivity index (χ3v) is 4.50. The van der Waals surface area contributed by atoms with Crippen molar-refractivity contribution in [3.05, 3.63) is 70.2 Å². The number of carbonyl (C=O) groups is 1. The topological polar surface area (TPSA) is 54.9 Å². The number of nitrogens with zero attached hydrogens (tertiary/aromatic N) is 2. The van der Waals surface area contributed by atoms with Gasteiger partial charge in [0.2, 0.25) is 11.0 Å². The fourth-order valence-electron chi connectivity index (χ4n) is 1.92. The Bertz CT molecular complexity index is 894. The summed E-state index contributed by atoms with van der Waals surface area (Å²) < 4.78 is 0. The number of carbonyl (C=O) groups excluding carboxylic acids is 1. The third kappa shape index (κ3) is 4.20. The van der Waals surface area contributed by atoms with Crippen molar-refractivity contribution in [2.75, 3.05) is 5.32 Å². The number of anilines is 1. The molecule has 1 aromatic heterocycles. The average Bonchev–Trinajstić information content (AvgIpc) is 3.03. The quantitative estimate of drug-likeness (QED) is 0.640. The minimum atomic E-state index is -0.309. The van der Waals surface area contributed by atoms with E-state index in [1.807, 2.05) is 30.3 Å². The van der Waals surface area contributed by atoms with Gasteiger partial charge in [-0.3, -0.25) is 10.1 Å². The summed E-state index contributed by atoms with van der Waals surface area (Å²) in [5, 5.41) is 12.9. The summed E-state index contributed by atoms with van der Waals surface area (Å²) in [6, 6.07) is 14.7. The molecule has 1 amide bonds. The van der Waals surface area contributed by atoms with Gasteiger partial charge in [-0.25, -0.2) is 0 Å². The van der Waals surface area contributed by atoms with Crippen molar-refractivity contribution in [2.45, 2.75) is 0 Å². The molecule has 0 aliphatic heterocycles. The summed E-state index contributed by atoms with van der Waals surface area (Å²) in [5.41, 5.74) is 1.66. The van der Waals surface area contributed by atoms with Crippen LogP contribution >= 0.6 is 34.5 Å². The molecule has 1 N–H and O–H groups in total. The number of halogens is 2. The van der Waals surface area contributed by atoms with Gasteiger partial charge < -0.3 is 0 Å². The molecule has 24 heavy (non-hydrogen) atoms. The van der Waals surface area contributed by atoms with E-state index in [-0.39, 0.29) is 5.91 Å². The maximum Gasteiger partial charge on any atom is 0.250 e. The Balaban J connectivity index is 1.67. The van der Waals surface area contributed by atoms with Gasteiger partial charge in [-0.2, -0.15) is 0 Å². The molecule has 7 heteroatoms. The number of aromatic nitrogens is 2. The number of hydrogen-bond donors (Lipinski definition) is 1. The molecule has 0 fully saturated rings. The molecule has 0 aliphatic rings. The first-order valence-corrected chi connectivity index (χ1v) is 8.52. The lowest BCUT2D eigenvalue weighted by molar-refractivity contribution is -0.111. The summed E-state index contributed by atoms with van der Waals surface area (Å²) in [4.78, 5) is 12.0. The Hall–Kier alpha value is -2.21. The largest absolute Gasteiger partial charge is 0.297 e. The van der Waals surface area contributed by atoms with Crippen LogP contribution in [0.5, 0.6) is 0 Å². The molecule has 0 spiro atoms. The summed E-state index contributed by atoms with van der Waals surface area (Å²) >= 11 is 13.2. The van der Waals surface area contributed by atoms with Gasteiger partial charge in [0, 0.05) is 21.7 Å². The molecule has 0 atom stereocenters. The lowest BCUT2D eigenvalue weighted by atomic mass is 10.2. The first kappa shape index (κ1) is 16.6. The standard InChI is InChI=1S/C17H11Cl2N3OS/c18-13-8-6-11(14(19)10-13)7-9-15(23)20-17-22-21-16(24-17)12-4-2-1-3-5-12/h1-10H,(H,20,22,23)/b9-7+. The van der Waals surface area contributed by atoms with Crippen LogP contribution in [-0.2, 0) is 4.79 Å². The average molecular weight is 376 g/mol. The van der Waals surface area contributed by atoms with Crippen molar-refractivity contribution in [3.8, 4) is 10.6 Å². The van der Waals surface area contributed by atoms with Crippen molar-refractivity contribution in [3.63, 3.8) is 0 Å². The van der Waals surface area contributed by atoms with Crippen molar-refractivity contribution in [1.29, 1.82) is 0 Å². The fourth-order valence-corrected chi connectivity index (χ4v) is 3.14. The van der Waals surface area contributed by atoms with Crippen LogP contribution < -0.4 is 5.32 Å². The Labute approximate surface area is 152 Å². The minimum Gasteiger partial charge on any atom is -0.297 e. The Morgan fingerprint density at radius 1 is 1.08 bits per heavy atom. The second-order valence-corrected chi connectivity index (χ2v) is 6.59. The SMILES string of the molecule is O=C(/C=C/c1ccc(Cl)cc1Cl)Nc1nnc(-c2ccccc2)s1. The molecular weight excluding hydrogens is 365 g/mol. The van der Waals surface area contributed by atoms with E-state index >= 15 is 0 Å². The van der Waals surface area contributed by atoms with Crippen LogP contribution in [0.1, 0.15) is 5.56 Å². The zero-order valence-electron chi connectivity index (χ0n) is 12.2. The molecule has 3 rings (SSSR count). The smallest absolute Gasteiger partial charge is 0.250 e. The van der Waals surface area contributed by atoms with E-state index in [4.69, 9.17) is 23.2 Å². The van der Waals surface area contributed by atoms with Crippen LogP contribution in [0.15, 0.2) is 54.6 Å². The lowest BCUT2D eigenvalue weighted by Gasteiger charge is -1.99. The number of benzene rings is 2. The molecule has 3 aromatic rings. The van der Waals surface area contributed by atoms with E-state index < -0.39 is 0 Å². The summed E-state index contributed by atoms with van der Waals surface area (Å²) in [5.74, 6) is -0.309. The molecule has 0 saturated heterocycles. The Kier molecular flexibility index (Phi) is 5.25. The predicted molar refractivity (Wildman–Crippen MR) is 99.5 cm³/mol. The van der Waals surface area contributed by atoms with Gasteiger partial charge in [0.25, 0.3) is 0 Å². The van der Waals surface area contributed by atoms with Gasteiger partial charge >= 0.3 is 0 Å². The van der Waals surface area contributed by atoms with Gasteiger partial charge in [0.15, 0.2) is 0 Å². The van der Waals surface area contributed by atoms with Gasteiger partial charge in [0.05, 0.1) is 0 Å².